The van der Waals surface area contributed by atoms with E-state index < -0.39 is 11.6 Å². The number of aryl methyl sites for hydroxylation is 1. The van der Waals surface area contributed by atoms with Crippen molar-refractivity contribution >= 4 is 23.8 Å². The molecule has 0 saturated carbocycles. The molecule has 1 aliphatic carbocycles. The van der Waals surface area contributed by atoms with Gasteiger partial charge in [0.15, 0.2) is 0 Å². The highest BCUT2D eigenvalue weighted by molar-refractivity contribution is 6.09. The fourth-order valence-electron chi connectivity index (χ4n) is 4.72. The second kappa shape index (κ2) is 7.50. The Bertz CT molecular complexity index is 862. The van der Waals surface area contributed by atoms with Crippen molar-refractivity contribution in [3.05, 3.63) is 35.4 Å². The van der Waals surface area contributed by atoms with E-state index in [1.165, 1.54) is 7.11 Å². The molecule has 0 radical (unpaired) electrons. The first-order chi connectivity index (χ1) is 14.0. The third-order valence-electron chi connectivity index (χ3n) is 6.33. The standard InChI is InChI=1S/C21H25N3O5/c1-29-18(26)15-8-11-23(12-9-15)17(25)13-24-19(27)21(22-20(24)28)10-4-6-14-5-2-3-7-16(14)21/h2-3,5,7,15H,4,6,8-13H2,1H3,(H,22,28)/t21-/m0/s1. The first-order valence-corrected chi connectivity index (χ1v) is 10.0. The lowest BCUT2D eigenvalue weighted by atomic mass is 9.76. The Hall–Kier alpha value is -2.90. The molecule has 2 aliphatic heterocycles. The monoisotopic (exact) mass is 399 g/mol. The highest BCUT2D eigenvalue weighted by Gasteiger charge is 2.54. The minimum absolute atomic E-state index is 0.206. The second-order valence-corrected chi connectivity index (χ2v) is 7.92. The molecule has 2 fully saturated rings. The fourth-order valence-corrected chi connectivity index (χ4v) is 4.72. The minimum atomic E-state index is -1.07. The number of esters is 1. The van der Waals surface area contributed by atoms with Crippen LogP contribution in [0.3, 0.4) is 0 Å². The van der Waals surface area contributed by atoms with Gasteiger partial charge in [-0.2, -0.15) is 0 Å². The van der Waals surface area contributed by atoms with Gasteiger partial charge < -0.3 is 15.0 Å². The zero-order chi connectivity index (χ0) is 20.6. The van der Waals surface area contributed by atoms with E-state index in [0.717, 1.165) is 28.9 Å². The normalized spacial score (nSPS) is 24.4. The number of hydrogen-bond acceptors (Lipinski definition) is 5. The molecule has 1 spiro atoms. The number of ether oxygens (including phenoxy) is 1. The SMILES string of the molecule is COC(=O)C1CCN(C(=O)CN2C(=O)N[C@]3(CCCc4ccccc43)C2=O)CC1. The Morgan fingerprint density at radius 1 is 1.21 bits per heavy atom. The van der Waals surface area contributed by atoms with E-state index in [4.69, 9.17) is 4.74 Å². The number of benzene rings is 1. The lowest BCUT2D eigenvalue weighted by Crippen LogP contribution is -2.48. The number of likely N-dealkylation sites (tertiary alicyclic amines) is 1. The van der Waals surface area contributed by atoms with Crippen LogP contribution in [0.5, 0.6) is 0 Å². The van der Waals surface area contributed by atoms with Crippen molar-refractivity contribution in [1.29, 1.82) is 0 Å². The number of fused-ring (bicyclic) bond motifs is 2. The van der Waals surface area contributed by atoms with Crippen molar-refractivity contribution in [2.24, 2.45) is 5.92 Å². The van der Waals surface area contributed by atoms with Crippen molar-refractivity contribution in [3.63, 3.8) is 0 Å². The molecule has 2 saturated heterocycles. The topological polar surface area (TPSA) is 96.0 Å². The summed E-state index contributed by atoms with van der Waals surface area (Å²) >= 11 is 0. The van der Waals surface area contributed by atoms with Gasteiger partial charge in [0.2, 0.25) is 5.91 Å². The van der Waals surface area contributed by atoms with E-state index in [-0.39, 0.29) is 30.2 Å². The van der Waals surface area contributed by atoms with Crippen LogP contribution in [0.25, 0.3) is 0 Å². The average molecular weight is 399 g/mol. The number of nitrogens with one attached hydrogen (secondary N) is 1. The molecule has 1 aromatic rings. The molecule has 0 unspecified atom stereocenters. The molecule has 8 heteroatoms. The maximum Gasteiger partial charge on any atom is 0.325 e. The molecular weight excluding hydrogens is 374 g/mol. The molecule has 154 valence electrons. The number of nitrogens with zero attached hydrogens (tertiary/aromatic N) is 2. The summed E-state index contributed by atoms with van der Waals surface area (Å²) in [6.07, 6.45) is 3.25. The van der Waals surface area contributed by atoms with Crippen LogP contribution in [0.15, 0.2) is 24.3 Å². The summed E-state index contributed by atoms with van der Waals surface area (Å²) in [4.78, 5) is 52.9. The Morgan fingerprint density at radius 2 is 1.93 bits per heavy atom. The Morgan fingerprint density at radius 3 is 2.66 bits per heavy atom. The highest BCUT2D eigenvalue weighted by Crippen LogP contribution is 2.39. The van der Waals surface area contributed by atoms with Gasteiger partial charge in [-0.1, -0.05) is 24.3 Å². The van der Waals surface area contributed by atoms with Crippen LogP contribution in [0, 0.1) is 5.92 Å². The molecule has 8 nitrogen and oxygen atoms in total. The number of hydrogen-bond donors (Lipinski definition) is 1. The Kier molecular flexibility index (Phi) is 5.02. The van der Waals surface area contributed by atoms with Crippen LogP contribution in [-0.2, 0) is 31.1 Å². The lowest BCUT2D eigenvalue weighted by molar-refractivity contribution is -0.149. The van der Waals surface area contributed by atoms with Gasteiger partial charge in [-0.25, -0.2) is 4.79 Å². The van der Waals surface area contributed by atoms with Gasteiger partial charge in [0.05, 0.1) is 13.0 Å². The van der Waals surface area contributed by atoms with Gasteiger partial charge in [-0.3, -0.25) is 19.3 Å². The van der Waals surface area contributed by atoms with Crippen molar-refractivity contribution in [1.82, 2.24) is 15.1 Å². The number of rotatable bonds is 3. The number of imide groups is 1. The van der Waals surface area contributed by atoms with Gasteiger partial charge >= 0.3 is 12.0 Å². The summed E-state index contributed by atoms with van der Waals surface area (Å²) in [6.45, 7) is 0.546. The molecule has 2 heterocycles. The molecule has 1 atom stereocenters. The molecule has 4 rings (SSSR count). The molecule has 1 aromatic carbocycles. The molecular formula is C21H25N3O5. The average Bonchev–Trinajstić information content (AvgIpc) is 2.98. The number of urea groups is 1. The first-order valence-electron chi connectivity index (χ1n) is 10.0. The highest BCUT2D eigenvalue weighted by atomic mass is 16.5. The van der Waals surface area contributed by atoms with Gasteiger partial charge in [0.25, 0.3) is 5.91 Å². The number of methoxy groups -OCH3 is 1. The van der Waals surface area contributed by atoms with Gasteiger partial charge in [-0.15, -0.1) is 0 Å². The zero-order valence-corrected chi connectivity index (χ0v) is 16.5. The van der Waals surface area contributed by atoms with Gasteiger partial charge in [0.1, 0.15) is 12.1 Å². The van der Waals surface area contributed by atoms with Gasteiger partial charge in [0, 0.05) is 13.1 Å². The first kappa shape index (κ1) is 19.4. The van der Waals surface area contributed by atoms with E-state index >= 15 is 0 Å². The third-order valence-corrected chi connectivity index (χ3v) is 6.33. The maximum absolute atomic E-state index is 13.3. The molecule has 29 heavy (non-hydrogen) atoms. The number of piperidine rings is 1. The Balaban J connectivity index is 1.46. The third kappa shape index (κ3) is 3.26. The van der Waals surface area contributed by atoms with Crippen molar-refractivity contribution < 1.29 is 23.9 Å². The lowest BCUT2D eigenvalue weighted by Gasteiger charge is -2.34. The molecule has 0 aromatic heterocycles. The smallest absolute Gasteiger partial charge is 0.325 e. The number of carbonyl (C=O) groups is 4. The summed E-state index contributed by atoms with van der Waals surface area (Å²) in [5.74, 6) is -1.10. The van der Waals surface area contributed by atoms with Crippen LogP contribution >= 0.6 is 0 Å². The van der Waals surface area contributed by atoms with Gasteiger partial charge in [-0.05, 0) is 43.2 Å². The van der Waals surface area contributed by atoms with Crippen LogP contribution in [0.2, 0.25) is 0 Å². The molecule has 1 N–H and O–H groups in total. The number of carbonyl (C=O) groups excluding carboxylic acids is 4. The quantitative estimate of drug-likeness (QED) is 0.608. The second-order valence-electron chi connectivity index (χ2n) is 7.92. The minimum Gasteiger partial charge on any atom is -0.469 e. The van der Waals surface area contributed by atoms with Crippen LogP contribution in [-0.4, -0.2) is 60.4 Å². The maximum atomic E-state index is 13.3. The van der Waals surface area contributed by atoms with E-state index in [1.54, 1.807) is 4.90 Å². The molecule has 0 bridgehead atoms. The number of amides is 4. The largest absolute Gasteiger partial charge is 0.469 e. The zero-order valence-electron chi connectivity index (χ0n) is 16.5. The summed E-state index contributed by atoms with van der Waals surface area (Å²) in [5.41, 5.74) is 0.827. The predicted octanol–water partition coefficient (Wildman–Crippen LogP) is 1.18. The Labute approximate surface area is 169 Å². The van der Waals surface area contributed by atoms with E-state index in [1.807, 2.05) is 24.3 Å². The molecule has 3 aliphatic rings. The van der Waals surface area contributed by atoms with Crippen LogP contribution in [0.4, 0.5) is 4.79 Å². The summed E-state index contributed by atoms with van der Waals surface area (Å²) in [5, 5.41) is 2.87. The van der Waals surface area contributed by atoms with E-state index in [0.29, 0.717) is 32.4 Å². The van der Waals surface area contributed by atoms with Crippen molar-refractivity contribution in [2.45, 2.75) is 37.6 Å². The summed E-state index contributed by atoms with van der Waals surface area (Å²) in [6, 6.07) is 7.14. The van der Waals surface area contributed by atoms with E-state index in [9.17, 15) is 19.2 Å². The summed E-state index contributed by atoms with van der Waals surface area (Å²) in [7, 11) is 1.36. The molecule has 4 amide bonds. The van der Waals surface area contributed by atoms with Crippen LogP contribution in [0.1, 0.15) is 36.8 Å². The van der Waals surface area contributed by atoms with Crippen molar-refractivity contribution in [3.8, 4) is 0 Å². The van der Waals surface area contributed by atoms with Crippen molar-refractivity contribution in [2.75, 3.05) is 26.7 Å². The van der Waals surface area contributed by atoms with Crippen LogP contribution < -0.4 is 5.32 Å². The fraction of sp³-hybridized carbons (Fsp3) is 0.524. The van der Waals surface area contributed by atoms with E-state index in [2.05, 4.69) is 5.32 Å². The summed E-state index contributed by atoms with van der Waals surface area (Å²) < 4.78 is 4.77. The predicted molar refractivity (Wildman–Crippen MR) is 103 cm³/mol.